The molecule has 5 nitrogen and oxygen atoms in total. The van der Waals surface area contributed by atoms with Crippen molar-refractivity contribution in [3.8, 4) is 17.3 Å². The SMILES string of the molecule is N#C/C(=C/c1cccc2ccccc12)c1nc(-c2cccc([N+](=O)[O-])c2)cs1. The molecule has 3 aromatic carbocycles. The molecule has 0 N–H and O–H groups in total. The highest BCUT2D eigenvalue weighted by molar-refractivity contribution is 7.11. The van der Waals surface area contributed by atoms with Gasteiger partial charge in [0.25, 0.3) is 5.69 Å². The lowest BCUT2D eigenvalue weighted by atomic mass is 10.0. The highest BCUT2D eigenvalue weighted by atomic mass is 32.1. The van der Waals surface area contributed by atoms with Crippen LogP contribution in [0.4, 0.5) is 5.69 Å². The molecule has 6 heteroatoms. The Morgan fingerprint density at radius 3 is 2.71 bits per heavy atom. The number of rotatable bonds is 4. The molecule has 1 heterocycles. The van der Waals surface area contributed by atoms with E-state index >= 15 is 0 Å². The highest BCUT2D eigenvalue weighted by Crippen LogP contribution is 2.30. The van der Waals surface area contributed by atoms with Crippen molar-refractivity contribution in [2.45, 2.75) is 0 Å². The number of fused-ring (bicyclic) bond motifs is 1. The van der Waals surface area contributed by atoms with Gasteiger partial charge < -0.3 is 0 Å². The zero-order chi connectivity index (χ0) is 19.5. The van der Waals surface area contributed by atoms with Crippen molar-refractivity contribution < 1.29 is 4.92 Å². The van der Waals surface area contributed by atoms with Crippen LogP contribution >= 0.6 is 11.3 Å². The summed E-state index contributed by atoms with van der Waals surface area (Å²) in [6.07, 6.45) is 1.83. The van der Waals surface area contributed by atoms with E-state index in [0.29, 0.717) is 21.8 Å². The minimum Gasteiger partial charge on any atom is -0.258 e. The zero-order valence-corrected chi connectivity index (χ0v) is 15.4. The largest absolute Gasteiger partial charge is 0.270 e. The summed E-state index contributed by atoms with van der Waals surface area (Å²) in [6, 6.07) is 22.5. The van der Waals surface area contributed by atoms with Gasteiger partial charge in [-0.3, -0.25) is 10.1 Å². The molecule has 1 aromatic heterocycles. The first-order chi connectivity index (χ1) is 13.7. The molecule has 0 spiro atoms. The normalized spacial score (nSPS) is 11.3. The Hall–Kier alpha value is -3.82. The van der Waals surface area contributed by atoms with Gasteiger partial charge in [0, 0.05) is 23.1 Å². The number of hydrogen-bond donors (Lipinski definition) is 0. The van der Waals surface area contributed by atoms with E-state index in [1.807, 2.05) is 53.9 Å². The monoisotopic (exact) mass is 383 g/mol. The molecule has 0 bridgehead atoms. The molecule has 0 aliphatic rings. The Bertz CT molecular complexity index is 1260. The van der Waals surface area contributed by atoms with Gasteiger partial charge in [0.15, 0.2) is 0 Å². The van der Waals surface area contributed by atoms with Crippen LogP contribution in [-0.4, -0.2) is 9.91 Å². The van der Waals surface area contributed by atoms with Crippen LogP contribution in [0, 0.1) is 21.4 Å². The highest BCUT2D eigenvalue weighted by Gasteiger charge is 2.12. The number of thiazole rings is 1. The predicted molar refractivity (Wildman–Crippen MR) is 112 cm³/mol. The molecule has 0 radical (unpaired) electrons. The van der Waals surface area contributed by atoms with Crippen molar-refractivity contribution in [3.05, 3.63) is 92.8 Å². The molecular weight excluding hydrogens is 370 g/mol. The Morgan fingerprint density at radius 2 is 1.89 bits per heavy atom. The van der Waals surface area contributed by atoms with Crippen molar-refractivity contribution >= 4 is 39.4 Å². The number of nitrogens with zero attached hydrogens (tertiary/aromatic N) is 3. The lowest BCUT2D eigenvalue weighted by Crippen LogP contribution is -1.88. The Kier molecular flexibility index (Phi) is 4.67. The fourth-order valence-corrected chi connectivity index (χ4v) is 3.78. The van der Waals surface area contributed by atoms with Crippen LogP contribution < -0.4 is 0 Å². The number of nitro groups is 1. The maximum atomic E-state index is 11.0. The first-order valence-electron chi connectivity index (χ1n) is 8.46. The number of allylic oxidation sites excluding steroid dienone is 1. The first-order valence-corrected chi connectivity index (χ1v) is 9.34. The predicted octanol–water partition coefficient (Wildman–Crippen LogP) is 5.94. The summed E-state index contributed by atoms with van der Waals surface area (Å²) in [7, 11) is 0. The third-order valence-electron chi connectivity index (χ3n) is 4.33. The van der Waals surface area contributed by atoms with E-state index in [4.69, 9.17) is 0 Å². The number of nitriles is 1. The van der Waals surface area contributed by atoms with Crippen molar-refractivity contribution in [1.29, 1.82) is 5.26 Å². The molecule has 4 rings (SSSR count). The molecule has 0 fully saturated rings. The van der Waals surface area contributed by atoms with Crippen LogP contribution in [0.2, 0.25) is 0 Å². The zero-order valence-electron chi connectivity index (χ0n) is 14.6. The average molecular weight is 383 g/mol. The van der Waals surface area contributed by atoms with Crippen LogP contribution in [0.3, 0.4) is 0 Å². The second-order valence-corrected chi connectivity index (χ2v) is 6.94. The van der Waals surface area contributed by atoms with Gasteiger partial charge in [0.1, 0.15) is 11.1 Å². The molecule has 0 amide bonds. The van der Waals surface area contributed by atoms with Gasteiger partial charge >= 0.3 is 0 Å². The van der Waals surface area contributed by atoms with Gasteiger partial charge in [-0.1, -0.05) is 54.6 Å². The molecule has 0 unspecified atom stereocenters. The molecule has 0 aliphatic heterocycles. The summed E-state index contributed by atoms with van der Waals surface area (Å²) in [5.74, 6) is 0. The molecule has 0 aliphatic carbocycles. The van der Waals surface area contributed by atoms with E-state index < -0.39 is 4.92 Å². The quantitative estimate of drug-likeness (QED) is 0.248. The molecular formula is C22H13N3O2S. The van der Waals surface area contributed by atoms with Crippen LogP contribution in [0.15, 0.2) is 72.1 Å². The Labute approximate surface area is 165 Å². The van der Waals surface area contributed by atoms with Crippen LogP contribution in [0.5, 0.6) is 0 Å². The van der Waals surface area contributed by atoms with Crippen molar-refractivity contribution in [3.63, 3.8) is 0 Å². The van der Waals surface area contributed by atoms with Gasteiger partial charge in [-0.25, -0.2) is 4.98 Å². The minimum absolute atomic E-state index is 0.0128. The van der Waals surface area contributed by atoms with Gasteiger partial charge in [0.05, 0.1) is 16.2 Å². The fraction of sp³-hybridized carbons (Fsp3) is 0. The fourth-order valence-electron chi connectivity index (χ4n) is 2.98. The van der Waals surface area contributed by atoms with Crippen LogP contribution in [0.25, 0.3) is 33.7 Å². The summed E-state index contributed by atoms with van der Waals surface area (Å²) >= 11 is 1.34. The van der Waals surface area contributed by atoms with Gasteiger partial charge in [-0.05, 0) is 22.4 Å². The van der Waals surface area contributed by atoms with E-state index in [9.17, 15) is 15.4 Å². The molecule has 28 heavy (non-hydrogen) atoms. The number of aromatic nitrogens is 1. The summed E-state index contributed by atoms with van der Waals surface area (Å²) in [5.41, 5.74) is 2.68. The van der Waals surface area contributed by atoms with E-state index in [1.165, 1.54) is 23.5 Å². The first kappa shape index (κ1) is 17.6. The third-order valence-corrected chi connectivity index (χ3v) is 5.21. The smallest absolute Gasteiger partial charge is 0.258 e. The molecule has 0 saturated carbocycles. The van der Waals surface area contributed by atoms with Gasteiger partial charge in [0.2, 0.25) is 0 Å². The van der Waals surface area contributed by atoms with Gasteiger partial charge in [-0.15, -0.1) is 11.3 Å². The van der Waals surface area contributed by atoms with E-state index in [-0.39, 0.29) is 5.69 Å². The number of hydrogen-bond acceptors (Lipinski definition) is 5. The number of nitro benzene ring substituents is 1. The minimum atomic E-state index is -0.433. The lowest BCUT2D eigenvalue weighted by molar-refractivity contribution is -0.384. The second kappa shape index (κ2) is 7.43. The topological polar surface area (TPSA) is 79.8 Å². The van der Waals surface area contributed by atoms with Crippen molar-refractivity contribution in [2.75, 3.05) is 0 Å². The maximum Gasteiger partial charge on any atom is 0.270 e. The van der Waals surface area contributed by atoms with Crippen LogP contribution in [0.1, 0.15) is 10.6 Å². The molecule has 134 valence electrons. The summed E-state index contributed by atoms with van der Waals surface area (Å²) < 4.78 is 0. The van der Waals surface area contributed by atoms with Gasteiger partial charge in [-0.2, -0.15) is 5.26 Å². The van der Waals surface area contributed by atoms with Crippen molar-refractivity contribution in [1.82, 2.24) is 4.98 Å². The second-order valence-electron chi connectivity index (χ2n) is 6.08. The summed E-state index contributed by atoms with van der Waals surface area (Å²) in [5, 5.41) is 25.2. The molecule has 4 aromatic rings. The summed E-state index contributed by atoms with van der Waals surface area (Å²) in [6.45, 7) is 0. The Balaban J connectivity index is 1.74. The third kappa shape index (κ3) is 3.39. The maximum absolute atomic E-state index is 11.0. The standard InChI is InChI=1S/C22H13N3O2S/c23-13-18(11-16-7-3-6-15-5-1-2-10-20(15)16)22-24-21(14-28-22)17-8-4-9-19(12-17)25(26)27/h1-12,14H/b18-11-. The number of non-ortho nitro benzene ring substituents is 1. The van der Waals surface area contributed by atoms with Crippen molar-refractivity contribution in [2.24, 2.45) is 0 Å². The summed E-state index contributed by atoms with van der Waals surface area (Å²) in [4.78, 5) is 15.1. The average Bonchev–Trinajstić information content (AvgIpc) is 3.22. The number of benzene rings is 3. The molecule has 0 atom stereocenters. The van der Waals surface area contributed by atoms with Crippen LogP contribution in [-0.2, 0) is 0 Å². The Morgan fingerprint density at radius 1 is 1.11 bits per heavy atom. The van der Waals surface area contributed by atoms with E-state index in [0.717, 1.165) is 16.3 Å². The lowest BCUT2D eigenvalue weighted by Gasteiger charge is -2.02. The molecule has 0 saturated heterocycles. The van der Waals surface area contributed by atoms with E-state index in [1.54, 1.807) is 12.1 Å². The van der Waals surface area contributed by atoms with E-state index in [2.05, 4.69) is 11.1 Å².